The van der Waals surface area contributed by atoms with Gasteiger partial charge in [0.2, 0.25) is 0 Å². The summed E-state index contributed by atoms with van der Waals surface area (Å²) >= 11 is 1.70. The number of ketones is 1. The van der Waals surface area contributed by atoms with Crippen molar-refractivity contribution in [3.05, 3.63) is 107 Å². The molecule has 0 saturated heterocycles. The Labute approximate surface area is 269 Å². The van der Waals surface area contributed by atoms with E-state index in [0.717, 1.165) is 63.4 Å². The molecule has 0 unspecified atom stereocenters. The number of nitrogens with zero attached hydrogens (tertiary/aromatic N) is 1. The summed E-state index contributed by atoms with van der Waals surface area (Å²) in [7, 11) is 3.24. The molecule has 0 N–H and O–H groups in total. The van der Waals surface area contributed by atoms with Crippen LogP contribution in [0.4, 0.5) is 0 Å². The average Bonchev–Trinajstić information content (AvgIpc) is 3.49. The maximum Gasteiger partial charge on any atom is 0.185 e. The third kappa shape index (κ3) is 7.91. The van der Waals surface area contributed by atoms with E-state index in [1.54, 1.807) is 43.8 Å². The largest absolute Gasteiger partial charge is 0.496 e. The number of unbranched alkanes of at least 4 members (excludes halogenated alkanes) is 2. The highest BCUT2D eigenvalue weighted by Crippen LogP contribution is 2.33. The maximum atomic E-state index is 12.9. The zero-order valence-corrected chi connectivity index (χ0v) is 27.3. The SMILES string of the molecule is COc1ccc(/C=C/C(=O)c2cc(C)c(C)c(OC)c2)cc1OCCCCCOc1cc(-c2nc3ccccc3s2)ccc1C. The summed E-state index contributed by atoms with van der Waals surface area (Å²) in [4.78, 5) is 17.7. The molecule has 4 aromatic carbocycles. The predicted octanol–water partition coefficient (Wildman–Crippen LogP) is 9.43. The molecule has 0 amide bonds. The van der Waals surface area contributed by atoms with E-state index in [2.05, 4.69) is 31.2 Å². The summed E-state index contributed by atoms with van der Waals surface area (Å²) in [6.07, 6.45) is 6.13. The smallest absolute Gasteiger partial charge is 0.185 e. The molecule has 0 radical (unpaired) electrons. The van der Waals surface area contributed by atoms with Crippen LogP contribution in [0, 0.1) is 20.8 Å². The van der Waals surface area contributed by atoms with Gasteiger partial charge in [-0.05, 0) is 111 Å². The highest BCUT2D eigenvalue weighted by molar-refractivity contribution is 7.21. The average molecular weight is 622 g/mol. The number of ether oxygens (including phenoxy) is 4. The monoisotopic (exact) mass is 621 g/mol. The minimum atomic E-state index is -0.0874. The molecule has 0 saturated carbocycles. The molecule has 0 aliphatic carbocycles. The Bertz CT molecular complexity index is 1790. The van der Waals surface area contributed by atoms with Crippen LogP contribution in [0.15, 0.2) is 78.9 Å². The first-order valence-electron chi connectivity index (χ1n) is 15.1. The number of allylic oxidation sites excluding steroid dienone is 1. The van der Waals surface area contributed by atoms with Crippen molar-refractivity contribution < 1.29 is 23.7 Å². The van der Waals surface area contributed by atoms with Gasteiger partial charge in [0.05, 0.1) is 37.6 Å². The second-order valence-corrected chi connectivity index (χ2v) is 12.0. The Hall–Kier alpha value is -4.62. The van der Waals surface area contributed by atoms with Crippen molar-refractivity contribution in [1.82, 2.24) is 4.98 Å². The zero-order valence-electron chi connectivity index (χ0n) is 26.5. The van der Waals surface area contributed by atoms with Crippen LogP contribution in [0.5, 0.6) is 23.0 Å². The van der Waals surface area contributed by atoms with Crippen LogP contribution in [-0.4, -0.2) is 38.2 Å². The summed E-state index contributed by atoms with van der Waals surface area (Å²) < 4.78 is 24.4. The number of aryl methyl sites for hydroxylation is 2. The molecule has 0 fully saturated rings. The molecule has 0 spiro atoms. The van der Waals surface area contributed by atoms with Gasteiger partial charge in [0.15, 0.2) is 17.3 Å². The normalized spacial score (nSPS) is 11.2. The number of thiazole rings is 1. The van der Waals surface area contributed by atoms with E-state index in [9.17, 15) is 4.79 Å². The lowest BCUT2D eigenvalue weighted by Gasteiger charge is -2.12. The molecule has 0 aliphatic heterocycles. The molecule has 0 atom stereocenters. The molecule has 0 bridgehead atoms. The number of carbonyl (C=O) groups is 1. The molecular formula is C38H39NO5S. The van der Waals surface area contributed by atoms with E-state index >= 15 is 0 Å². The van der Waals surface area contributed by atoms with Crippen molar-refractivity contribution >= 4 is 33.4 Å². The number of aromatic nitrogens is 1. The number of benzene rings is 4. The van der Waals surface area contributed by atoms with Crippen LogP contribution in [0.1, 0.15) is 51.9 Å². The van der Waals surface area contributed by atoms with Crippen molar-refractivity contribution in [1.29, 1.82) is 0 Å². The number of rotatable bonds is 14. The number of methoxy groups -OCH3 is 2. The highest BCUT2D eigenvalue weighted by atomic mass is 32.1. The van der Waals surface area contributed by atoms with E-state index in [-0.39, 0.29) is 5.78 Å². The van der Waals surface area contributed by atoms with Crippen LogP contribution < -0.4 is 18.9 Å². The fraction of sp³-hybridized carbons (Fsp3) is 0.263. The fourth-order valence-corrected chi connectivity index (χ4v) is 5.95. The van der Waals surface area contributed by atoms with E-state index in [4.69, 9.17) is 23.9 Å². The summed E-state index contributed by atoms with van der Waals surface area (Å²) in [5.41, 5.74) is 6.70. The van der Waals surface area contributed by atoms with E-state index in [1.165, 1.54) is 4.70 Å². The van der Waals surface area contributed by atoms with Gasteiger partial charge in [-0.3, -0.25) is 4.79 Å². The first-order valence-corrected chi connectivity index (χ1v) is 16.0. The van der Waals surface area contributed by atoms with Gasteiger partial charge in [0.1, 0.15) is 16.5 Å². The molecule has 1 heterocycles. The standard InChI is InChI=1S/C38H39NO5S/c1-25-13-16-29(38-39-31-11-7-8-12-37(31)45-38)23-34(25)43-19-9-6-10-20-44-36-22-28(15-18-33(36)41-4)14-17-32(40)30-21-26(2)27(3)35(24-30)42-5/h7-8,11-18,21-24H,6,9-10,19-20H2,1-5H3/b17-14+. The maximum absolute atomic E-state index is 12.9. The van der Waals surface area contributed by atoms with Crippen molar-refractivity contribution in [2.45, 2.75) is 40.0 Å². The fourth-order valence-electron chi connectivity index (χ4n) is 4.99. The number of carbonyl (C=O) groups excluding carboxylic acids is 1. The van der Waals surface area contributed by atoms with Gasteiger partial charge in [-0.15, -0.1) is 11.3 Å². The van der Waals surface area contributed by atoms with E-state index < -0.39 is 0 Å². The molecule has 0 aliphatic rings. The van der Waals surface area contributed by atoms with Gasteiger partial charge in [0.25, 0.3) is 0 Å². The van der Waals surface area contributed by atoms with Crippen LogP contribution >= 0.6 is 11.3 Å². The Balaban J connectivity index is 1.10. The lowest BCUT2D eigenvalue weighted by Crippen LogP contribution is -2.03. The molecule has 5 rings (SSSR count). The number of hydrogen-bond donors (Lipinski definition) is 0. The number of hydrogen-bond acceptors (Lipinski definition) is 7. The lowest BCUT2D eigenvalue weighted by atomic mass is 10.0. The molecule has 45 heavy (non-hydrogen) atoms. The second-order valence-electron chi connectivity index (χ2n) is 11.0. The van der Waals surface area contributed by atoms with Gasteiger partial charge < -0.3 is 18.9 Å². The molecular weight excluding hydrogens is 582 g/mol. The van der Waals surface area contributed by atoms with E-state index in [1.807, 2.05) is 56.3 Å². The third-order valence-corrected chi connectivity index (χ3v) is 8.86. The van der Waals surface area contributed by atoms with Crippen molar-refractivity contribution in [3.63, 3.8) is 0 Å². The van der Waals surface area contributed by atoms with E-state index in [0.29, 0.717) is 36.0 Å². The predicted molar refractivity (Wildman–Crippen MR) is 183 cm³/mol. The summed E-state index contributed by atoms with van der Waals surface area (Å²) in [6, 6.07) is 23.8. The summed E-state index contributed by atoms with van der Waals surface area (Å²) in [5, 5.41) is 1.00. The third-order valence-electron chi connectivity index (χ3n) is 7.77. The number of fused-ring (bicyclic) bond motifs is 1. The number of para-hydroxylation sites is 1. The summed E-state index contributed by atoms with van der Waals surface area (Å²) in [5.74, 6) is 2.83. The Morgan fingerprint density at radius 2 is 1.51 bits per heavy atom. The molecule has 1 aromatic heterocycles. The van der Waals surface area contributed by atoms with Crippen LogP contribution in [-0.2, 0) is 0 Å². The Kier molecular flexibility index (Phi) is 10.5. The molecule has 7 heteroatoms. The van der Waals surface area contributed by atoms with Gasteiger partial charge in [-0.2, -0.15) is 0 Å². The first-order chi connectivity index (χ1) is 21.9. The topological polar surface area (TPSA) is 66.9 Å². The molecule has 232 valence electrons. The second kappa shape index (κ2) is 14.9. The minimum Gasteiger partial charge on any atom is -0.496 e. The Morgan fingerprint density at radius 3 is 2.27 bits per heavy atom. The zero-order chi connectivity index (χ0) is 31.8. The molecule has 5 aromatic rings. The quantitative estimate of drug-likeness (QED) is 0.0699. The molecule has 6 nitrogen and oxygen atoms in total. The van der Waals surface area contributed by atoms with Crippen molar-refractivity contribution in [2.24, 2.45) is 0 Å². The van der Waals surface area contributed by atoms with Gasteiger partial charge in [0, 0.05) is 11.1 Å². The van der Waals surface area contributed by atoms with Crippen LogP contribution in [0.25, 0.3) is 26.9 Å². The van der Waals surface area contributed by atoms with Crippen molar-refractivity contribution in [2.75, 3.05) is 27.4 Å². The van der Waals surface area contributed by atoms with Gasteiger partial charge in [-0.1, -0.05) is 36.4 Å². The Morgan fingerprint density at radius 1 is 0.756 bits per heavy atom. The highest BCUT2D eigenvalue weighted by Gasteiger charge is 2.11. The van der Waals surface area contributed by atoms with Gasteiger partial charge >= 0.3 is 0 Å². The van der Waals surface area contributed by atoms with Crippen LogP contribution in [0.2, 0.25) is 0 Å². The van der Waals surface area contributed by atoms with Crippen LogP contribution in [0.3, 0.4) is 0 Å². The summed E-state index contributed by atoms with van der Waals surface area (Å²) in [6.45, 7) is 7.21. The first kappa shape index (κ1) is 31.8. The van der Waals surface area contributed by atoms with Gasteiger partial charge in [-0.25, -0.2) is 4.98 Å². The minimum absolute atomic E-state index is 0.0874. The lowest BCUT2D eigenvalue weighted by molar-refractivity contribution is 0.104. The van der Waals surface area contributed by atoms with Crippen molar-refractivity contribution in [3.8, 4) is 33.6 Å².